The summed E-state index contributed by atoms with van der Waals surface area (Å²) >= 11 is 0. The maximum Gasteiger partial charge on any atom is 0.339 e. The average Bonchev–Trinajstić information content (AvgIpc) is 2.96. The van der Waals surface area contributed by atoms with Gasteiger partial charge in [-0.1, -0.05) is 24.3 Å². The quantitative estimate of drug-likeness (QED) is 0.821. The lowest BCUT2D eigenvalue weighted by Crippen LogP contribution is -2.16. The molecule has 1 heterocycles. The summed E-state index contributed by atoms with van der Waals surface area (Å²) in [4.78, 5) is 23.6. The number of primary amides is 1. The molecule has 0 bridgehead atoms. The summed E-state index contributed by atoms with van der Waals surface area (Å²) in [7, 11) is -3.28. The predicted octanol–water partition coefficient (Wildman–Crippen LogP) is 1.53. The number of amides is 1. The average molecular weight is 359 g/mol. The standard InChI is InChI=1S/C18H17NO5S/c1-25(22,23)14-8-6-11(7-9-14)15-10-24-18(21)16(15)12-2-4-13(5-3-12)17(19)20/h2,4,6-9H,3,5,10H2,1H3,(H2,19,20). The van der Waals surface area contributed by atoms with E-state index in [9.17, 15) is 18.0 Å². The molecule has 7 heteroatoms. The van der Waals surface area contributed by atoms with Crippen LogP contribution in [0.1, 0.15) is 18.4 Å². The minimum absolute atomic E-state index is 0.135. The molecule has 2 N–H and O–H groups in total. The van der Waals surface area contributed by atoms with Crippen LogP contribution in [0.15, 0.2) is 58.0 Å². The molecule has 0 unspecified atom stereocenters. The van der Waals surface area contributed by atoms with Crippen molar-refractivity contribution in [2.75, 3.05) is 12.9 Å². The number of carbonyl (C=O) groups excluding carboxylic acids is 2. The van der Waals surface area contributed by atoms with Crippen LogP contribution in [-0.4, -0.2) is 33.2 Å². The number of carbonyl (C=O) groups is 2. The van der Waals surface area contributed by atoms with Crippen molar-refractivity contribution < 1.29 is 22.7 Å². The Kier molecular flexibility index (Phi) is 4.34. The smallest absolute Gasteiger partial charge is 0.339 e. The van der Waals surface area contributed by atoms with Crippen LogP contribution in [0.25, 0.3) is 5.57 Å². The van der Waals surface area contributed by atoms with Crippen LogP contribution >= 0.6 is 0 Å². The van der Waals surface area contributed by atoms with Gasteiger partial charge >= 0.3 is 5.97 Å². The molecule has 130 valence electrons. The second kappa shape index (κ2) is 6.33. The van der Waals surface area contributed by atoms with E-state index in [4.69, 9.17) is 10.5 Å². The highest BCUT2D eigenvalue weighted by atomic mass is 32.2. The Morgan fingerprint density at radius 3 is 2.32 bits per heavy atom. The van der Waals surface area contributed by atoms with E-state index in [-0.39, 0.29) is 11.5 Å². The lowest BCUT2D eigenvalue weighted by molar-refractivity contribution is -0.135. The predicted molar refractivity (Wildman–Crippen MR) is 92.0 cm³/mol. The maximum atomic E-state index is 12.2. The minimum Gasteiger partial charge on any atom is -0.457 e. The van der Waals surface area contributed by atoms with Gasteiger partial charge in [-0.05, 0) is 36.1 Å². The highest BCUT2D eigenvalue weighted by Gasteiger charge is 2.29. The van der Waals surface area contributed by atoms with Gasteiger partial charge in [-0.15, -0.1) is 0 Å². The van der Waals surface area contributed by atoms with Crippen molar-refractivity contribution in [1.29, 1.82) is 0 Å². The Hall–Kier alpha value is -2.67. The Bertz CT molecular complexity index is 950. The topological polar surface area (TPSA) is 104 Å². The molecule has 0 fully saturated rings. The second-order valence-electron chi connectivity index (χ2n) is 5.97. The number of hydrogen-bond donors (Lipinski definition) is 1. The molecule has 0 saturated carbocycles. The summed E-state index contributed by atoms with van der Waals surface area (Å²) in [5, 5.41) is 0. The summed E-state index contributed by atoms with van der Waals surface area (Å²) < 4.78 is 28.3. The summed E-state index contributed by atoms with van der Waals surface area (Å²) in [5.74, 6) is -0.876. The molecule has 0 aromatic heterocycles. The molecular weight excluding hydrogens is 342 g/mol. The highest BCUT2D eigenvalue weighted by Crippen LogP contribution is 2.35. The molecule has 0 saturated heterocycles. The summed E-state index contributed by atoms with van der Waals surface area (Å²) in [6, 6.07) is 6.36. The maximum absolute atomic E-state index is 12.2. The normalized spacial score (nSPS) is 17.9. The van der Waals surface area contributed by atoms with Crippen LogP contribution in [0.5, 0.6) is 0 Å². The molecule has 6 nitrogen and oxygen atoms in total. The van der Waals surface area contributed by atoms with E-state index in [2.05, 4.69) is 0 Å². The van der Waals surface area contributed by atoms with Gasteiger partial charge in [-0.2, -0.15) is 0 Å². The van der Waals surface area contributed by atoms with Crippen LogP contribution in [0.2, 0.25) is 0 Å². The van der Waals surface area contributed by atoms with Gasteiger partial charge < -0.3 is 10.5 Å². The molecule has 3 rings (SSSR count). The first-order valence-corrected chi connectivity index (χ1v) is 9.57. The van der Waals surface area contributed by atoms with E-state index in [1.807, 2.05) is 0 Å². The van der Waals surface area contributed by atoms with Crippen LogP contribution in [0.4, 0.5) is 0 Å². The Morgan fingerprint density at radius 2 is 1.80 bits per heavy atom. The first kappa shape index (κ1) is 17.2. The lowest BCUT2D eigenvalue weighted by atomic mass is 9.89. The SMILES string of the molecule is CS(=O)(=O)c1ccc(C2=C(C3=CC=C(C(N)=O)CC3)C(=O)OC2)cc1. The number of hydrogen-bond acceptors (Lipinski definition) is 5. The van der Waals surface area contributed by atoms with Crippen molar-refractivity contribution in [3.8, 4) is 0 Å². The molecule has 1 aliphatic heterocycles. The molecule has 0 atom stereocenters. The van der Waals surface area contributed by atoms with Crippen molar-refractivity contribution in [3.63, 3.8) is 0 Å². The van der Waals surface area contributed by atoms with Gasteiger partial charge in [0.25, 0.3) is 0 Å². The van der Waals surface area contributed by atoms with E-state index < -0.39 is 21.7 Å². The number of nitrogens with two attached hydrogens (primary N) is 1. The number of esters is 1. The fraction of sp³-hybridized carbons (Fsp3) is 0.222. The molecule has 0 spiro atoms. The summed E-state index contributed by atoms with van der Waals surface area (Å²) in [5.41, 5.74) is 8.51. The number of cyclic esters (lactones) is 1. The number of ether oxygens (including phenoxy) is 1. The van der Waals surface area contributed by atoms with Crippen molar-refractivity contribution >= 4 is 27.3 Å². The minimum atomic E-state index is -3.28. The third-order valence-electron chi connectivity index (χ3n) is 4.27. The molecule has 1 aliphatic carbocycles. The zero-order valence-electron chi connectivity index (χ0n) is 13.6. The van der Waals surface area contributed by atoms with Crippen LogP contribution in [-0.2, 0) is 24.2 Å². The van der Waals surface area contributed by atoms with E-state index in [1.165, 1.54) is 12.1 Å². The van der Waals surface area contributed by atoms with Gasteiger partial charge in [0.2, 0.25) is 5.91 Å². The highest BCUT2D eigenvalue weighted by molar-refractivity contribution is 7.90. The zero-order chi connectivity index (χ0) is 18.2. The number of benzene rings is 1. The van der Waals surface area contributed by atoms with Crippen LogP contribution in [0, 0.1) is 0 Å². The fourth-order valence-corrected chi connectivity index (χ4v) is 3.54. The van der Waals surface area contributed by atoms with Crippen molar-refractivity contribution in [1.82, 2.24) is 0 Å². The summed E-state index contributed by atoms with van der Waals surface area (Å²) in [6.45, 7) is 0.135. The van der Waals surface area contributed by atoms with E-state index >= 15 is 0 Å². The van der Waals surface area contributed by atoms with Gasteiger partial charge in [0.15, 0.2) is 9.84 Å². The Balaban J connectivity index is 2.02. The third-order valence-corrected chi connectivity index (χ3v) is 5.40. The number of rotatable bonds is 4. The van der Waals surface area contributed by atoms with E-state index in [0.29, 0.717) is 29.6 Å². The van der Waals surface area contributed by atoms with Gasteiger partial charge in [0, 0.05) is 17.4 Å². The van der Waals surface area contributed by atoms with Crippen LogP contribution in [0.3, 0.4) is 0 Å². The Morgan fingerprint density at radius 1 is 1.12 bits per heavy atom. The molecule has 25 heavy (non-hydrogen) atoms. The first-order chi connectivity index (χ1) is 11.8. The van der Waals surface area contributed by atoms with Gasteiger partial charge in [0.05, 0.1) is 10.5 Å². The van der Waals surface area contributed by atoms with Crippen molar-refractivity contribution in [2.45, 2.75) is 17.7 Å². The lowest BCUT2D eigenvalue weighted by Gasteiger charge is -2.13. The van der Waals surface area contributed by atoms with E-state index in [0.717, 1.165) is 17.4 Å². The number of sulfone groups is 1. The number of allylic oxidation sites excluding steroid dienone is 2. The van der Waals surface area contributed by atoms with E-state index in [1.54, 1.807) is 24.3 Å². The second-order valence-corrected chi connectivity index (χ2v) is 7.99. The third kappa shape index (κ3) is 3.41. The Labute approximate surface area is 145 Å². The van der Waals surface area contributed by atoms with Crippen molar-refractivity contribution in [3.05, 3.63) is 58.7 Å². The van der Waals surface area contributed by atoms with Crippen molar-refractivity contribution in [2.24, 2.45) is 5.73 Å². The van der Waals surface area contributed by atoms with Crippen LogP contribution < -0.4 is 5.73 Å². The zero-order valence-corrected chi connectivity index (χ0v) is 14.4. The monoisotopic (exact) mass is 359 g/mol. The molecule has 1 aromatic rings. The van der Waals surface area contributed by atoms with Gasteiger partial charge in [-0.3, -0.25) is 4.79 Å². The summed E-state index contributed by atoms with van der Waals surface area (Å²) in [6.07, 6.45) is 5.48. The molecule has 1 amide bonds. The largest absolute Gasteiger partial charge is 0.457 e. The van der Waals surface area contributed by atoms with Gasteiger partial charge in [0.1, 0.15) is 6.61 Å². The van der Waals surface area contributed by atoms with Gasteiger partial charge in [-0.25, -0.2) is 13.2 Å². The molecule has 0 radical (unpaired) electrons. The molecule has 1 aromatic carbocycles. The first-order valence-electron chi connectivity index (χ1n) is 7.68. The fourth-order valence-electron chi connectivity index (χ4n) is 2.91. The molecule has 2 aliphatic rings. The molecular formula is C18H17NO5S.